The molecule has 4 aliphatic rings. The van der Waals surface area contributed by atoms with Crippen LogP contribution in [0.15, 0.2) is 43.2 Å². The second-order valence-electron chi connectivity index (χ2n) is 14.3. The highest BCUT2D eigenvalue weighted by atomic mass is 32.2. The SMILES string of the molecule is C=CC(=O)N1CCN(c2nc(OCC3S[C@]3(C)N(C)S[C@@H](C)C3CC(F)(F)C3)nc3c2CCN(c2cncc4cccc(C)c24)C3)C[C@@H]1CC#N. The molecule has 1 aliphatic carbocycles. The van der Waals surface area contributed by atoms with Crippen LogP contribution in [0.4, 0.5) is 20.3 Å². The molecular formula is C37H44F2N8O2S2. The fourth-order valence-electron chi connectivity index (χ4n) is 7.65. The summed E-state index contributed by atoms with van der Waals surface area (Å²) in [6.45, 7) is 13.2. The molecule has 3 aromatic rings. The summed E-state index contributed by atoms with van der Waals surface area (Å²) in [5.41, 5.74) is 4.19. The number of carbonyl (C=O) groups is 1. The lowest BCUT2D eigenvalue weighted by atomic mass is 9.79. The zero-order chi connectivity index (χ0) is 36.1. The highest BCUT2D eigenvalue weighted by molar-refractivity contribution is 8.09. The van der Waals surface area contributed by atoms with E-state index in [1.807, 2.05) is 26.4 Å². The number of pyridine rings is 1. The molecular weight excluding hydrogens is 691 g/mol. The maximum absolute atomic E-state index is 13.5. The van der Waals surface area contributed by atoms with Crippen LogP contribution in [0.25, 0.3) is 10.8 Å². The number of amides is 1. The van der Waals surface area contributed by atoms with E-state index in [0.29, 0.717) is 45.2 Å². The molecule has 0 N–H and O–H groups in total. The summed E-state index contributed by atoms with van der Waals surface area (Å²) in [7, 11) is 2.03. The molecule has 270 valence electrons. The first-order chi connectivity index (χ1) is 24.4. The van der Waals surface area contributed by atoms with Crippen molar-refractivity contribution in [1.82, 2.24) is 24.2 Å². The minimum Gasteiger partial charge on any atom is -0.462 e. The van der Waals surface area contributed by atoms with Gasteiger partial charge in [0.2, 0.25) is 11.8 Å². The van der Waals surface area contributed by atoms with Crippen molar-refractivity contribution in [1.29, 1.82) is 5.26 Å². The number of nitrogens with zero attached hydrogens (tertiary/aromatic N) is 8. The maximum atomic E-state index is 13.5. The number of rotatable bonds is 11. The van der Waals surface area contributed by atoms with Gasteiger partial charge >= 0.3 is 6.01 Å². The Morgan fingerprint density at radius 1 is 1.25 bits per heavy atom. The van der Waals surface area contributed by atoms with Gasteiger partial charge in [0, 0.05) is 66.8 Å². The zero-order valence-corrected chi connectivity index (χ0v) is 31.2. The molecule has 3 fully saturated rings. The van der Waals surface area contributed by atoms with Gasteiger partial charge in [0.05, 0.1) is 52.8 Å². The Morgan fingerprint density at radius 2 is 2.06 bits per heavy atom. The Morgan fingerprint density at radius 3 is 2.80 bits per heavy atom. The number of benzene rings is 1. The van der Waals surface area contributed by atoms with Gasteiger partial charge in [0.1, 0.15) is 12.4 Å². The Hall–Kier alpha value is -3.67. The third-order valence-electron chi connectivity index (χ3n) is 10.9. The molecule has 4 atom stereocenters. The van der Waals surface area contributed by atoms with Gasteiger partial charge in [-0.15, -0.1) is 11.8 Å². The van der Waals surface area contributed by atoms with E-state index in [2.05, 4.69) is 63.8 Å². The minimum atomic E-state index is -2.52. The molecule has 0 radical (unpaired) electrons. The van der Waals surface area contributed by atoms with Crippen molar-refractivity contribution in [3.63, 3.8) is 0 Å². The molecule has 3 aliphatic heterocycles. The van der Waals surface area contributed by atoms with Gasteiger partial charge in [0.25, 0.3) is 0 Å². The average molecular weight is 735 g/mol. The number of piperazine rings is 1. The average Bonchev–Trinajstić information content (AvgIpc) is 3.79. The Kier molecular flexibility index (Phi) is 9.84. The molecule has 0 bridgehead atoms. The predicted octanol–water partition coefficient (Wildman–Crippen LogP) is 6.24. The second kappa shape index (κ2) is 14.0. The lowest BCUT2D eigenvalue weighted by Crippen LogP contribution is -2.55. The highest BCUT2D eigenvalue weighted by Crippen LogP contribution is 2.58. The third-order valence-corrected chi connectivity index (χ3v) is 14.1. The number of hydrogen-bond donors (Lipinski definition) is 0. The van der Waals surface area contributed by atoms with Crippen LogP contribution in [-0.4, -0.2) is 97.2 Å². The number of halogens is 2. The topological polar surface area (TPSA) is 102 Å². The number of aryl methyl sites for hydroxylation is 1. The molecule has 14 heteroatoms. The molecule has 1 amide bonds. The first-order valence-corrected chi connectivity index (χ1v) is 19.2. The van der Waals surface area contributed by atoms with Crippen molar-refractivity contribution in [3.05, 3.63) is 60.1 Å². The van der Waals surface area contributed by atoms with E-state index < -0.39 is 5.92 Å². The number of alkyl halides is 2. The lowest BCUT2D eigenvalue weighted by molar-refractivity contribution is -0.128. The minimum absolute atomic E-state index is 0.0227. The molecule has 0 spiro atoms. The molecule has 1 aromatic carbocycles. The van der Waals surface area contributed by atoms with Gasteiger partial charge in [-0.3, -0.25) is 9.78 Å². The van der Waals surface area contributed by atoms with Gasteiger partial charge in [-0.2, -0.15) is 15.2 Å². The summed E-state index contributed by atoms with van der Waals surface area (Å²) in [4.78, 5) is 33.2. The van der Waals surface area contributed by atoms with Crippen molar-refractivity contribution in [2.75, 3.05) is 49.6 Å². The monoisotopic (exact) mass is 734 g/mol. The standard InChI is InChI=1S/C37H44F2N8O2S2/c1-6-32(48)47-15-14-46(20-27(47)10-12-40)34-28-11-13-45(30-19-41-18-25-9-7-8-23(2)33(25)30)21-29(28)42-35(43-34)49-22-31-36(4,50-31)44(5)51-24(3)26-16-37(38,39)17-26/h6-9,18-19,24,26-27,31H,1,10-11,13-17,20-22H2,2-5H3/t24-,27-,31?,36-/m0/s1. The van der Waals surface area contributed by atoms with Crippen LogP contribution >= 0.6 is 23.7 Å². The molecule has 2 aromatic heterocycles. The maximum Gasteiger partial charge on any atom is 0.318 e. The van der Waals surface area contributed by atoms with E-state index in [9.17, 15) is 18.8 Å². The van der Waals surface area contributed by atoms with Crippen molar-refractivity contribution in [2.45, 2.75) is 80.3 Å². The Labute approximate surface area is 306 Å². The van der Waals surface area contributed by atoms with Gasteiger partial charge < -0.3 is 19.4 Å². The molecule has 1 unspecified atom stereocenters. The second-order valence-corrected chi connectivity index (χ2v) is 17.4. The van der Waals surface area contributed by atoms with Crippen molar-refractivity contribution in [3.8, 4) is 12.1 Å². The number of carbonyl (C=O) groups excluding carboxylic acids is 1. The normalized spacial score (nSPS) is 24.9. The molecule has 5 heterocycles. The summed E-state index contributed by atoms with van der Waals surface area (Å²) < 4.78 is 35.6. The van der Waals surface area contributed by atoms with Crippen LogP contribution < -0.4 is 14.5 Å². The van der Waals surface area contributed by atoms with E-state index >= 15 is 0 Å². The summed E-state index contributed by atoms with van der Waals surface area (Å²) >= 11 is 3.44. The number of ether oxygens (including phenoxy) is 1. The van der Waals surface area contributed by atoms with E-state index in [-0.39, 0.29) is 52.5 Å². The van der Waals surface area contributed by atoms with Gasteiger partial charge in [-0.25, -0.2) is 13.1 Å². The molecule has 1 saturated carbocycles. The number of aromatic nitrogens is 3. The van der Waals surface area contributed by atoms with E-state index in [0.717, 1.165) is 34.7 Å². The third kappa shape index (κ3) is 7.09. The zero-order valence-electron chi connectivity index (χ0n) is 29.5. The summed E-state index contributed by atoms with van der Waals surface area (Å²) in [5.74, 6) is -1.88. The molecule has 51 heavy (non-hydrogen) atoms. The summed E-state index contributed by atoms with van der Waals surface area (Å²) in [6.07, 6.45) is 5.99. The Bertz CT molecular complexity index is 1860. The fraction of sp³-hybridized carbons (Fsp3) is 0.541. The summed E-state index contributed by atoms with van der Waals surface area (Å²) in [5, 5.41) is 12.1. The lowest BCUT2D eigenvalue weighted by Gasteiger charge is -2.42. The van der Waals surface area contributed by atoms with Gasteiger partial charge in [-0.1, -0.05) is 43.6 Å². The molecule has 7 rings (SSSR count). The number of nitriles is 1. The van der Waals surface area contributed by atoms with Gasteiger partial charge in [-0.05, 0) is 44.9 Å². The van der Waals surface area contributed by atoms with E-state index in [1.54, 1.807) is 28.6 Å². The summed E-state index contributed by atoms with van der Waals surface area (Å²) in [6, 6.07) is 8.52. The number of thioether (sulfide) groups is 1. The molecule has 10 nitrogen and oxygen atoms in total. The first-order valence-electron chi connectivity index (χ1n) is 17.5. The Balaban J connectivity index is 1.13. The van der Waals surface area contributed by atoms with Crippen LogP contribution in [0.1, 0.15) is 49.9 Å². The highest BCUT2D eigenvalue weighted by Gasteiger charge is 2.57. The first kappa shape index (κ1) is 35.7. The largest absolute Gasteiger partial charge is 0.462 e. The van der Waals surface area contributed by atoms with E-state index in [4.69, 9.17) is 14.7 Å². The number of anilines is 2. The van der Waals surface area contributed by atoms with Crippen LogP contribution in [0.3, 0.4) is 0 Å². The van der Waals surface area contributed by atoms with Crippen LogP contribution in [0, 0.1) is 24.2 Å². The van der Waals surface area contributed by atoms with E-state index in [1.165, 1.54) is 17.0 Å². The van der Waals surface area contributed by atoms with Crippen molar-refractivity contribution >= 4 is 51.9 Å². The van der Waals surface area contributed by atoms with Gasteiger partial charge in [0.15, 0.2) is 0 Å². The predicted molar refractivity (Wildman–Crippen MR) is 199 cm³/mol. The van der Waals surface area contributed by atoms with Crippen molar-refractivity contribution in [2.24, 2.45) is 5.92 Å². The van der Waals surface area contributed by atoms with Crippen LogP contribution in [-0.2, 0) is 17.8 Å². The fourth-order valence-corrected chi connectivity index (χ4v) is 10.2. The quantitative estimate of drug-likeness (QED) is 0.127. The molecule has 2 saturated heterocycles. The number of hydrogen-bond acceptors (Lipinski definition) is 11. The van der Waals surface area contributed by atoms with Crippen LogP contribution in [0.2, 0.25) is 0 Å². The smallest absolute Gasteiger partial charge is 0.318 e. The number of fused-ring (bicyclic) bond motifs is 2. The van der Waals surface area contributed by atoms with Crippen LogP contribution in [0.5, 0.6) is 6.01 Å². The van der Waals surface area contributed by atoms with Crippen molar-refractivity contribution < 1.29 is 18.3 Å².